The van der Waals surface area contributed by atoms with Crippen molar-refractivity contribution in [3.05, 3.63) is 0 Å². The molecule has 100 valence electrons. The van der Waals surface area contributed by atoms with Gasteiger partial charge in [-0.25, -0.2) is 0 Å². The average molecular weight is 236 g/mol. The lowest BCUT2D eigenvalue weighted by Crippen LogP contribution is -2.31. The van der Waals surface area contributed by atoms with Gasteiger partial charge in [0.25, 0.3) is 0 Å². The maximum atomic E-state index is 2.35. The molecule has 2 aliphatic rings. The van der Waals surface area contributed by atoms with E-state index in [0.29, 0.717) is 0 Å². The minimum atomic E-state index is 1.09. The van der Waals surface area contributed by atoms with Gasteiger partial charge in [0.05, 0.1) is 0 Å². The molecule has 2 fully saturated rings. The molecule has 0 nitrogen and oxygen atoms in total. The quantitative estimate of drug-likeness (QED) is 0.565. The molecule has 0 aromatic heterocycles. The van der Waals surface area contributed by atoms with Crippen molar-refractivity contribution in [2.24, 2.45) is 23.7 Å². The summed E-state index contributed by atoms with van der Waals surface area (Å²) in [6, 6.07) is 0. The van der Waals surface area contributed by atoms with E-state index < -0.39 is 0 Å². The highest BCUT2D eigenvalue weighted by atomic mass is 14.4. The smallest absolute Gasteiger partial charge is 0.0383 e. The van der Waals surface area contributed by atoms with Crippen molar-refractivity contribution in [2.75, 3.05) is 0 Å². The standard InChI is InChI=1S/C17H32/c1-3-5-7-15-9-11-16-12-14(6-4-2)8-10-17(16)13-15/h14-17H,3-13H2,1-2H3/t14?,15-,16-,17?/m1/s1. The lowest BCUT2D eigenvalue weighted by Gasteiger charge is -2.42. The lowest BCUT2D eigenvalue weighted by molar-refractivity contribution is 0.0913. The van der Waals surface area contributed by atoms with Crippen LogP contribution in [0.3, 0.4) is 0 Å². The molecular weight excluding hydrogens is 204 g/mol. The summed E-state index contributed by atoms with van der Waals surface area (Å²) in [7, 11) is 0. The van der Waals surface area contributed by atoms with E-state index in [1.807, 2.05) is 0 Å². The fourth-order valence-electron chi connectivity index (χ4n) is 4.51. The molecule has 0 aliphatic heterocycles. The number of unbranched alkanes of at least 4 members (excludes halogenated alkanes) is 1. The van der Waals surface area contributed by atoms with Gasteiger partial charge >= 0.3 is 0 Å². The van der Waals surface area contributed by atoms with Crippen molar-refractivity contribution in [1.29, 1.82) is 0 Å². The van der Waals surface area contributed by atoms with E-state index in [2.05, 4.69) is 13.8 Å². The Hall–Kier alpha value is 0. The van der Waals surface area contributed by atoms with Crippen molar-refractivity contribution in [3.8, 4) is 0 Å². The van der Waals surface area contributed by atoms with Crippen molar-refractivity contribution < 1.29 is 0 Å². The summed E-state index contributed by atoms with van der Waals surface area (Å²) in [5, 5.41) is 0. The second-order valence-corrected chi connectivity index (χ2v) is 6.81. The van der Waals surface area contributed by atoms with E-state index in [9.17, 15) is 0 Å². The Kier molecular flexibility index (Phi) is 5.38. The van der Waals surface area contributed by atoms with E-state index in [0.717, 1.165) is 23.7 Å². The summed E-state index contributed by atoms with van der Waals surface area (Å²) < 4.78 is 0. The Bertz CT molecular complexity index is 208. The number of rotatable bonds is 5. The van der Waals surface area contributed by atoms with Crippen LogP contribution in [0.2, 0.25) is 0 Å². The predicted molar refractivity (Wildman–Crippen MR) is 76.1 cm³/mol. The number of hydrogen-bond donors (Lipinski definition) is 0. The Morgan fingerprint density at radius 1 is 0.706 bits per heavy atom. The molecule has 0 aromatic rings. The highest BCUT2D eigenvalue weighted by molar-refractivity contribution is 4.86. The van der Waals surface area contributed by atoms with Crippen LogP contribution in [0.1, 0.15) is 84.5 Å². The van der Waals surface area contributed by atoms with Crippen molar-refractivity contribution >= 4 is 0 Å². The van der Waals surface area contributed by atoms with E-state index in [1.54, 1.807) is 38.5 Å². The van der Waals surface area contributed by atoms with Crippen LogP contribution in [-0.4, -0.2) is 0 Å². The normalized spacial score (nSPS) is 37.8. The maximum Gasteiger partial charge on any atom is -0.0383 e. The van der Waals surface area contributed by atoms with Gasteiger partial charge in [0.2, 0.25) is 0 Å². The van der Waals surface area contributed by atoms with Crippen LogP contribution < -0.4 is 0 Å². The fourth-order valence-corrected chi connectivity index (χ4v) is 4.51. The largest absolute Gasteiger partial charge is 0.0654 e. The SMILES string of the molecule is CCCC[C@@H]1CC[C@@H]2CC(CCC)CCC2C1. The third-order valence-electron chi connectivity index (χ3n) is 5.49. The molecule has 0 N–H and O–H groups in total. The summed E-state index contributed by atoms with van der Waals surface area (Å²) >= 11 is 0. The zero-order chi connectivity index (χ0) is 12.1. The molecule has 2 rings (SSSR count). The van der Waals surface area contributed by atoms with Gasteiger partial charge in [0.15, 0.2) is 0 Å². The molecule has 2 aliphatic carbocycles. The molecule has 0 spiro atoms. The highest BCUT2D eigenvalue weighted by Gasteiger charge is 2.34. The first-order valence-electron chi connectivity index (χ1n) is 8.33. The molecule has 17 heavy (non-hydrogen) atoms. The highest BCUT2D eigenvalue weighted by Crippen LogP contribution is 2.46. The zero-order valence-electron chi connectivity index (χ0n) is 12.1. The summed E-state index contributed by atoms with van der Waals surface area (Å²) in [6.45, 7) is 4.69. The van der Waals surface area contributed by atoms with Gasteiger partial charge in [-0.2, -0.15) is 0 Å². The Labute approximate surface area is 109 Å². The summed E-state index contributed by atoms with van der Waals surface area (Å²) in [4.78, 5) is 0. The minimum absolute atomic E-state index is 1.09. The lowest BCUT2D eigenvalue weighted by atomic mass is 9.63. The second-order valence-electron chi connectivity index (χ2n) is 6.81. The first-order valence-corrected chi connectivity index (χ1v) is 8.33. The van der Waals surface area contributed by atoms with Gasteiger partial charge < -0.3 is 0 Å². The molecule has 0 bridgehead atoms. The maximum absolute atomic E-state index is 2.35. The van der Waals surface area contributed by atoms with Crippen LogP contribution in [0.15, 0.2) is 0 Å². The van der Waals surface area contributed by atoms with Gasteiger partial charge in [-0.3, -0.25) is 0 Å². The van der Waals surface area contributed by atoms with Crippen molar-refractivity contribution in [1.82, 2.24) is 0 Å². The van der Waals surface area contributed by atoms with Crippen molar-refractivity contribution in [3.63, 3.8) is 0 Å². The fraction of sp³-hybridized carbons (Fsp3) is 1.00. The van der Waals surface area contributed by atoms with Gasteiger partial charge in [-0.05, 0) is 49.4 Å². The number of hydrogen-bond acceptors (Lipinski definition) is 0. The molecule has 2 saturated carbocycles. The molecule has 0 heterocycles. The molecule has 0 amide bonds. The summed E-state index contributed by atoms with van der Waals surface area (Å²) in [5.41, 5.74) is 0. The minimum Gasteiger partial charge on any atom is -0.0654 e. The molecular formula is C17H32. The Morgan fingerprint density at radius 2 is 1.29 bits per heavy atom. The summed E-state index contributed by atoms with van der Waals surface area (Å²) in [5.74, 6) is 4.43. The van der Waals surface area contributed by atoms with Gasteiger partial charge in [0.1, 0.15) is 0 Å². The van der Waals surface area contributed by atoms with Crippen molar-refractivity contribution in [2.45, 2.75) is 84.5 Å². The Morgan fingerprint density at radius 3 is 1.82 bits per heavy atom. The monoisotopic (exact) mass is 236 g/mol. The van der Waals surface area contributed by atoms with Gasteiger partial charge in [-0.1, -0.05) is 58.8 Å². The molecule has 0 aromatic carbocycles. The van der Waals surface area contributed by atoms with Crippen LogP contribution in [0.5, 0.6) is 0 Å². The van der Waals surface area contributed by atoms with Crippen LogP contribution in [0, 0.1) is 23.7 Å². The molecule has 2 unspecified atom stereocenters. The van der Waals surface area contributed by atoms with Crippen LogP contribution in [0.25, 0.3) is 0 Å². The van der Waals surface area contributed by atoms with E-state index in [1.165, 1.54) is 32.1 Å². The average Bonchev–Trinajstić information content (AvgIpc) is 2.36. The predicted octanol–water partition coefficient (Wildman–Crippen LogP) is 5.81. The molecule has 4 atom stereocenters. The van der Waals surface area contributed by atoms with E-state index in [-0.39, 0.29) is 0 Å². The third-order valence-corrected chi connectivity index (χ3v) is 5.49. The van der Waals surface area contributed by atoms with E-state index >= 15 is 0 Å². The van der Waals surface area contributed by atoms with Crippen LogP contribution in [-0.2, 0) is 0 Å². The first-order chi connectivity index (χ1) is 8.33. The molecule has 0 saturated heterocycles. The van der Waals surface area contributed by atoms with Crippen LogP contribution in [0.4, 0.5) is 0 Å². The summed E-state index contributed by atoms with van der Waals surface area (Å²) in [6.07, 6.45) is 16.7. The topological polar surface area (TPSA) is 0 Å². The third kappa shape index (κ3) is 3.73. The van der Waals surface area contributed by atoms with Gasteiger partial charge in [0, 0.05) is 0 Å². The molecule has 0 heteroatoms. The first kappa shape index (κ1) is 13.4. The molecule has 0 radical (unpaired) electrons. The Balaban J connectivity index is 1.76. The second kappa shape index (κ2) is 6.81. The van der Waals surface area contributed by atoms with Crippen LogP contribution >= 0.6 is 0 Å². The van der Waals surface area contributed by atoms with E-state index in [4.69, 9.17) is 0 Å². The number of fused-ring (bicyclic) bond motifs is 1. The zero-order valence-corrected chi connectivity index (χ0v) is 12.1. The van der Waals surface area contributed by atoms with Gasteiger partial charge in [-0.15, -0.1) is 0 Å².